The molecule has 2 bridgehead atoms. The molecular formula is C41H66N6O3. The minimum atomic E-state index is -0.811. The summed E-state index contributed by atoms with van der Waals surface area (Å²) in [4.78, 5) is 19.4. The number of nitrogens with zero attached hydrogens (tertiary/aromatic N) is 4. The standard InChI is InChI=1S/C41H66N6O3/c1-27(2)18-35(24-44(7)8)46(25-34-14-11-17-45(34)9)22-30-12-10-13-31(19-30)23-47-39(38(29(4)49)32(26-48)15-16-42-47)40(50)43-37-21-33-20-36(28(37)3)41(33,5)6/h10-14,17,19,26-29,33,35-39,42,48-49H,15-16,18,20-25H2,1-9H3,(H,43,50)/b32-26+/t28-,29-,33+,35-,36-,37-,38+,39-/m0/s1. The van der Waals surface area contributed by atoms with Crippen LogP contribution >= 0.6 is 0 Å². The van der Waals surface area contributed by atoms with Gasteiger partial charge in [-0.15, -0.1) is 0 Å². The summed E-state index contributed by atoms with van der Waals surface area (Å²) in [5.41, 5.74) is 8.21. The predicted octanol–water partition coefficient (Wildman–Crippen LogP) is 5.71. The SMILES string of the molecule is CC(C)C[C@@H](CN(C)C)N(Cc1cccc(CN2NCC/C(=C\O)[C@@H]([C@H](C)O)[C@H]2C(=O)N[C@H]2C[C@H]3C[C@@H]([C@@H]2C)C3(C)C)c1)Cc1cccn1C. The lowest BCUT2D eigenvalue weighted by atomic mass is 9.45. The lowest BCUT2D eigenvalue weighted by molar-refractivity contribution is -0.141. The van der Waals surface area contributed by atoms with Crippen molar-refractivity contribution in [2.75, 3.05) is 27.2 Å². The fourth-order valence-corrected chi connectivity index (χ4v) is 9.54. The average Bonchev–Trinajstić information content (AvgIpc) is 3.34. The molecule has 0 radical (unpaired) electrons. The highest BCUT2D eigenvalue weighted by Crippen LogP contribution is 2.61. The van der Waals surface area contributed by atoms with E-state index in [2.05, 4.69) is 123 Å². The van der Waals surface area contributed by atoms with Crippen LogP contribution in [0.3, 0.4) is 0 Å². The first kappa shape index (κ1) is 38.5. The Morgan fingerprint density at radius 2 is 1.86 bits per heavy atom. The molecule has 8 atom stereocenters. The summed E-state index contributed by atoms with van der Waals surface area (Å²) < 4.78 is 2.22. The largest absolute Gasteiger partial charge is 0.516 e. The third-order valence-electron chi connectivity index (χ3n) is 12.5. The molecule has 2 heterocycles. The zero-order chi connectivity index (χ0) is 36.3. The van der Waals surface area contributed by atoms with Gasteiger partial charge in [0.05, 0.1) is 12.4 Å². The van der Waals surface area contributed by atoms with Crippen LogP contribution in [0.5, 0.6) is 0 Å². The number of aromatic nitrogens is 1. The average molecular weight is 691 g/mol. The van der Waals surface area contributed by atoms with Crippen LogP contribution in [0.2, 0.25) is 0 Å². The summed E-state index contributed by atoms with van der Waals surface area (Å²) in [6.07, 6.45) is 6.33. The van der Waals surface area contributed by atoms with Gasteiger partial charge in [0.15, 0.2) is 0 Å². The normalized spacial score (nSPS) is 28.9. The molecule has 9 heteroatoms. The van der Waals surface area contributed by atoms with Gasteiger partial charge in [0.2, 0.25) is 5.91 Å². The summed E-state index contributed by atoms with van der Waals surface area (Å²) in [5, 5.41) is 26.9. The van der Waals surface area contributed by atoms with E-state index >= 15 is 0 Å². The molecule has 1 aromatic heterocycles. The van der Waals surface area contributed by atoms with Gasteiger partial charge in [-0.05, 0) is 105 Å². The number of aliphatic hydroxyl groups is 2. The Morgan fingerprint density at radius 3 is 2.46 bits per heavy atom. The van der Waals surface area contributed by atoms with Crippen molar-refractivity contribution >= 4 is 5.91 Å². The molecule has 1 aromatic carbocycles. The summed E-state index contributed by atoms with van der Waals surface area (Å²) >= 11 is 0. The summed E-state index contributed by atoms with van der Waals surface area (Å²) in [5.74, 6) is 1.59. The van der Waals surface area contributed by atoms with E-state index < -0.39 is 18.1 Å². The lowest BCUT2D eigenvalue weighted by Gasteiger charge is -2.62. The number of rotatable bonds is 14. The number of carbonyl (C=O) groups excluding carboxylic acids is 1. The number of carbonyl (C=O) groups is 1. The molecule has 1 amide bonds. The molecule has 1 saturated heterocycles. The number of nitrogens with one attached hydrogen (secondary N) is 2. The monoisotopic (exact) mass is 691 g/mol. The molecule has 6 rings (SSSR count). The zero-order valence-electron chi connectivity index (χ0n) is 32.3. The number of fused-ring (bicyclic) bond motifs is 2. The van der Waals surface area contributed by atoms with Gasteiger partial charge in [0.25, 0.3) is 0 Å². The van der Waals surface area contributed by atoms with Crippen molar-refractivity contribution < 1.29 is 15.0 Å². The van der Waals surface area contributed by atoms with E-state index in [0.717, 1.165) is 44.3 Å². The van der Waals surface area contributed by atoms with Gasteiger partial charge in [0.1, 0.15) is 6.04 Å². The smallest absolute Gasteiger partial charge is 0.239 e. The van der Waals surface area contributed by atoms with Crippen LogP contribution < -0.4 is 10.7 Å². The van der Waals surface area contributed by atoms with E-state index in [0.29, 0.717) is 60.2 Å². The topological polar surface area (TPSA) is 96.2 Å². The molecule has 1 aliphatic heterocycles. The highest BCUT2D eigenvalue weighted by molar-refractivity contribution is 5.83. The Balaban J connectivity index is 1.40. The quantitative estimate of drug-likeness (QED) is 0.189. The van der Waals surface area contributed by atoms with Crippen LogP contribution in [-0.2, 0) is 31.5 Å². The molecule has 4 aliphatic rings. The first-order chi connectivity index (χ1) is 23.7. The van der Waals surface area contributed by atoms with Crippen molar-refractivity contribution in [3.63, 3.8) is 0 Å². The van der Waals surface area contributed by atoms with E-state index in [1.165, 1.54) is 17.7 Å². The van der Waals surface area contributed by atoms with Crippen LogP contribution in [0, 0.1) is 35.0 Å². The minimum absolute atomic E-state index is 0.0780. The molecule has 4 N–H and O–H groups in total. The number of aliphatic hydroxyl groups excluding tert-OH is 2. The number of hydrogen-bond acceptors (Lipinski definition) is 7. The summed E-state index contributed by atoms with van der Waals surface area (Å²) in [6, 6.07) is 12.9. The number of hydrazine groups is 1. The summed E-state index contributed by atoms with van der Waals surface area (Å²) in [7, 11) is 6.44. The first-order valence-corrected chi connectivity index (χ1v) is 19.1. The number of benzene rings is 1. The second-order valence-electron chi connectivity index (χ2n) is 17.2. The van der Waals surface area contributed by atoms with Gasteiger partial charge in [-0.2, -0.15) is 0 Å². The van der Waals surface area contributed by atoms with Gasteiger partial charge < -0.3 is 25.0 Å². The second kappa shape index (κ2) is 16.3. The van der Waals surface area contributed by atoms with Crippen molar-refractivity contribution in [1.29, 1.82) is 0 Å². The molecule has 0 unspecified atom stereocenters. The van der Waals surface area contributed by atoms with Gasteiger partial charge in [-0.1, -0.05) is 58.9 Å². The molecule has 3 saturated carbocycles. The highest BCUT2D eigenvalue weighted by Gasteiger charge is 2.57. The van der Waals surface area contributed by atoms with Crippen LogP contribution in [0.1, 0.15) is 84.0 Å². The second-order valence-corrected chi connectivity index (χ2v) is 17.2. The third kappa shape index (κ3) is 8.67. The first-order valence-electron chi connectivity index (χ1n) is 19.1. The maximum absolute atomic E-state index is 14.4. The zero-order valence-corrected chi connectivity index (χ0v) is 32.3. The Kier molecular flexibility index (Phi) is 12.6. The van der Waals surface area contributed by atoms with Gasteiger partial charge in [-0.3, -0.25) is 15.1 Å². The van der Waals surface area contributed by atoms with Crippen molar-refractivity contribution in [3.8, 4) is 0 Å². The van der Waals surface area contributed by atoms with Crippen molar-refractivity contribution in [1.82, 2.24) is 30.1 Å². The Bertz CT molecular complexity index is 1440. The maximum Gasteiger partial charge on any atom is 0.239 e. The Morgan fingerprint density at radius 1 is 1.12 bits per heavy atom. The molecule has 0 spiro atoms. The number of hydrogen-bond donors (Lipinski definition) is 4. The molecular weight excluding hydrogens is 624 g/mol. The predicted molar refractivity (Wildman–Crippen MR) is 202 cm³/mol. The maximum atomic E-state index is 14.4. The van der Waals surface area contributed by atoms with Crippen LogP contribution in [-0.4, -0.2) is 86.9 Å². The van der Waals surface area contributed by atoms with Crippen LogP contribution in [0.15, 0.2) is 54.4 Å². The molecule has 4 fully saturated rings. The molecule has 2 aromatic rings. The number of aryl methyl sites for hydroxylation is 1. The molecule has 278 valence electrons. The van der Waals surface area contributed by atoms with Crippen molar-refractivity contribution in [3.05, 3.63) is 71.3 Å². The van der Waals surface area contributed by atoms with Gasteiger partial charge >= 0.3 is 0 Å². The van der Waals surface area contributed by atoms with Crippen LogP contribution in [0.4, 0.5) is 0 Å². The Hall–Kier alpha value is -2.69. The summed E-state index contributed by atoms with van der Waals surface area (Å²) in [6.45, 7) is 17.1. The third-order valence-corrected chi connectivity index (χ3v) is 12.5. The fraction of sp³-hybridized carbons (Fsp3) is 0.683. The number of amides is 1. The Labute approximate surface area is 302 Å². The number of likely N-dealkylation sites (N-methyl/N-ethyl adjacent to an activating group) is 1. The van der Waals surface area contributed by atoms with Gasteiger partial charge in [-0.25, -0.2) is 5.01 Å². The highest BCUT2D eigenvalue weighted by atomic mass is 16.3. The van der Waals surface area contributed by atoms with E-state index in [1.54, 1.807) is 6.92 Å². The van der Waals surface area contributed by atoms with Crippen LogP contribution in [0.25, 0.3) is 0 Å². The molecule has 3 aliphatic carbocycles. The fourth-order valence-electron chi connectivity index (χ4n) is 9.54. The van der Waals surface area contributed by atoms with E-state index in [4.69, 9.17) is 0 Å². The molecule has 9 nitrogen and oxygen atoms in total. The van der Waals surface area contributed by atoms with E-state index in [-0.39, 0.29) is 11.9 Å². The van der Waals surface area contributed by atoms with E-state index in [1.807, 2.05) is 5.01 Å². The van der Waals surface area contributed by atoms with Crippen molar-refractivity contribution in [2.24, 2.45) is 42.1 Å². The van der Waals surface area contributed by atoms with Crippen molar-refractivity contribution in [2.45, 2.75) is 111 Å². The van der Waals surface area contributed by atoms with E-state index in [9.17, 15) is 15.0 Å². The minimum Gasteiger partial charge on any atom is -0.516 e. The van der Waals surface area contributed by atoms with Gasteiger partial charge in [0, 0.05) is 69.7 Å². The molecule has 50 heavy (non-hydrogen) atoms. The lowest BCUT2D eigenvalue weighted by Crippen LogP contribution is -2.63.